The number of rotatable bonds is 2. The molecule has 0 fully saturated rings. The van der Waals surface area contributed by atoms with Gasteiger partial charge in [-0.05, 0) is 30.7 Å². The van der Waals surface area contributed by atoms with Gasteiger partial charge in [0.25, 0.3) is 0 Å². The number of nitrogens with zero attached hydrogens (tertiary/aromatic N) is 2. The number of benzene rings is 2. The van der Waals surface area contributed by atoms with Crippen LogP contribution < -0.4 is 5.69 Å². The zero-order valence-corrected chi connectivity index (χ0v) is 14.4. The Balaban J connectivity index is 2.51. The van der Waals surface area contributed by atoms with Gasteiger partial charge in [0.2, 0.25) is 0 Å². The second-order valence-corrected chi connectivity index (χ2v) is 6.14. The zero-order chi connectivity index (χ0) is 18.4. The molecular formula is C17H11Cl2F3N2O. The van der Waals surface area contributed by atoms with E-state index in [-0.39, 0.29) is 16.2 Å². The first kappa shape index (κ1) is 17.8. The van der Waals surface area contributed by atoms with E-state index in [0.29, 0.717) is 17.5 Å². The second kappa shape index (κ2) is 6.35. The summed E-state index contributed by atoms with van der Waals surface area (Å²) in [6, 6.07) is 8.43. The number of aryl methyl sites for hydroxylation is 1. The molecule has 0 saturated carbocycles. The van der Waals surface area contributed by atoms with Crippen molar-refractivity contribution in [3.8, 4) is 5.69 Å². The Morgan fingerprint density at radius 2 is 1.80 bits per heavy atom. The minimum atomic E-state index is -4.65. The molecule has 25 heavy (non-hydrogen) atoms. The SMILES string of the molecule is CCc1nc(=O)n(-c2ccccc2Cl)c2cc(C(F)(F)F)c(Cl)cc12. The van der Waals surface area contributed by atoms with Gasteiger partial charge < -0.3 is 0 Å². The van der Waals surface area contributed by atoms with Crippen LogP contribution in [0.4, 0.5) is 13.2 Å². The molecule has 0 aliphatic carbocycles. The Hall–Kier alpha value is -2.05. The van der Waals surface area contributed by atoms with Crippen molar-refractivity contribution in [2.45, 2.75) is 19.5 Å². The highest BCUT2D eigenvalue weighted by atomic mass is 35.5. The molecule has 0 bridgehead atoms. The Morgan fingerprint density at radius 1 is 1.12 bits per heavy atom. The monoisotopic (exact) mass is 386 g/mol. The molecule has 0 aliphatic rings. The highest BCUT2D eigenvalue weighted by molar-refractivity contribution is 6.33. The third-order valence-corrected chi connectivity index (χ3v) is 4.43. The van der Waals surface area contributed by atoms with E-state index < -0.39 is 22.5 Å². The van der Waals surface area contributed by atoms with Crippen molar-refractivity contribution < 1.29 is 13.2 Å². The average molecular weight is 387 g/mol. The number of para-hydroxylation sites is 1. The Bertz CT molecular complexity index is 1030. The van der Waals surface area contributed by atoms with E-state index in [1.165, 1.54) is 6.07 Å². The van der Waals surface area contributed by atoms with E-state index in [0.717, 1.165) is 10.6 Å². The van der Waals surface area contributed by atoms with Gasteiger partial charge in [-0.25, -0.2) is 4.79 Å². The molecule has 0 aliphatic heterocycles. The zero-order valence-electron chi connectivity index (χ0n) is 12.9. The Kier molecular flexibility index (Phi) is 4.51. The normalized spacial score (nSPS) is 11.9. The molecule has 0 saturated heterocycles. The van der Waals surface area contributed by atoms with Gasteiger partial charge >= 0.3 is 11.9 Å². The van der Waals surface area contributed by atoms with Gasteiger partial charge in [-0.2, -0.15) is 18.2 Å². The van der Waals surface area contributed by atoms with E-state index in [1.54, 1.807) is 31.2 Å². The molecule has 1 heterocycles. The van der Waals surface area contributed by atoms with Gasteiger partial charge in [0.15, 0.2) is 0 Å². The fourth-order valence-electron chi connectivity index (χ4n) is 2.66. The van der Waals surface area contributed by atoms with E-state index in [4.69, 9.17) is 23.2 Å². The van der Waals surface area contributed by atoms with Gasteiger partial charge in [0.05, 0.1) is 32.5 Å². The summed E-state index contributed by atoms with van der Waals surface area (Å²) < 4.78 is 40.9. The lowest BCUT2D eigenvalue weighted by atomic mass is 10.1. The van der Waals surface area contributed by atoms with Crippen molar-refractivity contribution in [3.63, 3.8) is 0 Å². The minimum Gasteiger partial charge on any atom is -0.259 e. The van der Waals surface area contributed by atoms with E-state index in [2.05, 4.69) is 4.98 Å². The molecule has 0 unspecified atom stereocenters. The average Bonchev–Trinajstić information content (AvgIpc) is 2.54. The fourth-order valence-corrected chi connectivity index (χ4v) is 3.15. The van der Waals surface area contributed by atoms with Crippen molar-refractivity contribution in [1.29, 1.82) is 0 Å². The van der Waals surface area contributed by atoms with Crippen LogP contribution in [0.5, 0.6) is 0 Å². The number of hydrogen-bond acceptors (Lipinski definition) is 2. The summed E-state index contributed by atoms with van der Waals surface area (Å²) in [6.07, 6.45) is -4.28. The van der Waals surface area contributed by atoms with Gasteiger partial charge in [0, 0.05) is 5.39 Å². The number of halogens is 5. The molecule has 0 spiro atoms. The van der Waals surface area contributed by atoms with Gasteiger partial charge in [-0.1, -0.05) is 42.3 Å². The topological polar surface area (TPSA) is 34.9 Å². The molecule has 2 aromatic carbocycles. The predicted octanol–water partition coefficient (Wildman–Crippen LogP) is 5.27. The predicted molar refractivity (Wildman–Crippen MR) is 91.7 cm³/mol. The van der Waals surface area contributed by atoms with Crippen molar-refractivity contribution >= 4 is 34.1 Å². The molecule has 1 aromatic heterocycles. The first-order chi connectivity index (χ1) is 11.7. The number of aromatic nitrogens is 2. The molecule has 3 rings (SSSR count). The lowest BCUT2D eigenvalue weighted by molar-refractivity contribution is -0.137. The van der Waals surface area contributed by atoms with Crippen LogP contribution in [0.25, 0.3) is 16.6 Å². The van der Waals surface area contributed by atoms with Crippen LogP contribution in [-0.2, 0) is 12.6 Å². The van der Waals surface area contributed by atoms with Crippen LogP contribution in [0.3, 0.4) is 0 Å². The van der Waals surface area contributed by atoms with Crippen LogP contribution in [0.1, 0.15) is 18.2 Å². The van der Waals surface area contributed by atoms with E-state index in [1.807, 2.05) is 0 Å². The maximum absolute atomic E-state index is 13.3. The lowest BCUT2D eigenvalue weighted by Gasteiger charge is -2.16. The molecule has 0 amide bonds. The van der Waals surface area contributed by atoms with Crippen LogP contribution >= 0.6 is 23.2 Å². The van der Waals surface area contributed by atoms with E-state index in [9.17, 15) is 18.0 Å². The smallest absolute Gasteiger partial charge is 0.259 e. The largest absolute Gasteiger partial charge is 0.417 e. The van der Waals surface area contributed by atoms with Crippen LogP contribution in [-0.4, -0.2) is 9.55 Å². The summed E-state index contributed by atoms with van der Waals surface area (Å²) in [5, 5.41) is 0.154. The molecule has 0 atom stereocenters. The van der Waals surface area contributed by atoms with Crippen LogP contribution in [0.15, 0.2) is 41.2 Å². The molecule has 0 N–H and O–H groups in total. The Labute approximate surface area is 150 Å². The summed E-state index contributed by atoms with van der Waals surface area (Å²) in [4.78, 5) is 16.5. The minimum absolute atomic E-state index is 0.0571. The Morgan fingerprint density at radius 3 is 2.40 bits per heavy atom. The van der Waals surface area contributed by atoms with Crippen molar-refractivity contribution in [2.24, 2.45) is 0 Å². The third kappa shape index (κ3) is 3.12. The summed E-state index contributed by atoms with van der Waals surface area (Å²) in [6.45, 7) is 1.76. The highest BCUT2D eigenvalue weighted by Gasteiger charge is 2.34. The first-order valence-corrected chi connectivity index (χ1v) is 8.07. The highest BCUT2D eigenvalue weighted by Crippen LogP contribution is 2.38. The summed E-state index contributed by atoms with van der Waals surface area (Å²) in [7, 11) is 0. The third-order valence-electron chi connectivity index (χ3n) is 3.79. The molecule has 3 nitrogen and oxygen atoms in total. The van der Waals surface area contributed by atoms with Gasteiger partial charge in [0.1, 0.15) is 0 Å². The maximum Gasteiger partial charge on any atom is 0.417 e. The van der Waals surface area contributed by atoms with Crippen LogP contribution in [0, 0.1) is 0 Å². The lowest BCUT2D eigenvalue weighted by Crippen LogP contribution is -2.24. The quantitative estimate of drug-likeness (QED) is 0.600. The van der Waals surface area contributed by atoms with Crippen molar-refractivity contribution in [1.82, 2.24) is 9.55 Å². The van der Waals surface area contributed by atoms with E-state index >= 15 is 0 Å². The molecule has 8 heteroatoms. The molecule has 130 valence electrons. The number of fused-ring (bicyclic) bond motifs is 1. The summed E-state index contributed by atoms with van der Waals surface area (Å²) in [5.74, 6) is 0. The molecule has 0 radical (unpaired) electrons. The van der Waals surface area contributed by atoms with Crippen molar-refractivity contribution in [3.05, 3.63) is 68.2 Å². The standard InChI is InChI=1S/C17H11Cl2F3N2O/c1-2-13-9-7-12(19)10(17(20,21)22)8-15(9)24(16(25)23-13)14-6-4-3-5-11(14)18/h3-8H,2H2,1H3. The molecular weight excluding hydrogens is 376 g/mol. The fraction of sp³-hybridized carbons (Fsp3) is 0.176. The van der Waals surface area contributed by atoms with Gasteiger partial charge in [-0.3, -0.25) is 4.57 Å². The van der Waals surface area contributed by atoms with Crippen LogP contribution in [0.2, 0.25) is 10.0 Å². The van der Waals surface area contributed by atoms with Crippen molar-refractivity contribution in [2.75, 3.05) is 0 Å². The summed E-state index contributed by atoms with van der Waals surface area (Å²) >= 11 is 12.0. The second-order valence-electron chi connectivity index (χ2n) is 5.33. The van der Waals surface area contributed by atoms with Gasteiger partial charge in [-0.15, -0.1) is 0 Å². The maximum atomic E-state index is 13.3. The number of alkyl halides is 3. The number of hydrogen-bond donors (Lipinski definition) is 0. The summed E-state index contributed by atoms with van der Waals surface area (Å²) in [5.41, 5.74) is -1.03. The molecule has 3 aromatic rings. The first-order valence-electron chi connectivity index (χ1n) is 7.31.